The number of hydrogen-bond acceptors (Lipinski definition) is 3. The van der Waals surface area contributed by atoms with Crippen molar-refractivity contribution in [2.75, 3.05) is 25.2 Å². The van der Waals surface area contributed by atoms with E-state index in [0.717, 1.165) is 31.6 Å². The Labute approximate surface area is 89.9 Å². The maximum Gasteiger partial charge on any atom is 0.223 e. The first-order valence-corrected chi connectivity index (χ1v) is 6.58. The summed E-state index contributed by atoms with van der Waals surface area (Å²) in [6.45, 7) is 0.948. The minimum absolute atomic E-state index is 0.0816. The second kappa shape index (κ2) is 6.30. The highest BCUT2D eigenvalue weighted by Gasteiger charge is 2.25. The molecule has 14 heavy (non-hydrogen) atoms. The van der Waals surface area contributed by atoms with Crippen LogP contribution in [0.15, 0.2) is 0 Å². The number of amides is 1. The minimum Gasteiger partial charge on any atom is -0.394 e. The molecular formula is C10H19NO2S. The molecule has 0 aromatic carbocycles. The fourth-order valence-corrected chi connectivity index (χ4v) is 2.23. The summed E-state index contributed by atoms with van der Waals surface area (Å²) in [7, 11) is 0. The third-order valence-corrected chi connectivity index (χ3v) is 3.29. The summed E-state index contributed by atoms with van der Waals surface area (Å²) in [5.74, 6) is 1.09. The van der Waals surface area contributed by atoms with Crippen molar-refractivity contribution in [3.63, 3.8) is 0 Å². The van der Waals surface area contributed by atoms with Gasteiger partial charge >= 0.3 is 0 Å². The number of likely N-dealkylation sites (tertiary alicyclic amines) is 1. The summed E-state index contributed by atoms with van der Waals surface area (Å²) in [5.41, 5.74) is 0. The largest absolute Gasteiger partial charge is 0.394 e. The maximum atomic E-state index is 11.7. The molecule has 1 rings (SSSR count). The molecule has 3 nitrogen and oxygen atoms in total. The van der Waals surface area contributed by atoms with Crippen LogP contribution < -0.4 is 0 Å². The molecule has 0 aromatic rings. The Kier molecular flexibility index (Phi) is 5.33. The third kappa shape index (κ3) is 3.17. The SMILES string of the molecule is CSCCC(=O)N1CCCCC1CO. The summed E-state index contributed by atoms with van der Waals surface area (Å²) in [6, 6.07) is 0.0816. The Bertz CT molecular complexity index is 187. The molecule has 0 aromatic heterocycles. The zero-order chi connectivity index (χ0) is 10.4. The lowest BCUT2D eigenvalue weighted by Crippen LogP contribution is -2.45. The van der Waals surface area contributed by atoms with Gasteiger partial charge in [-0.3, -0.25) is 4.79 Å². The van der Waals surface area contributed by atoms with Crippen LogP contribution in [-0.4, -0.2) is 47.1 Å². The van der Waals surface area contributed by atoms with Crippen molar-refractivity contribution in [2.45, 2.75) is 31.7 Å². The zero-order valence-electron chi connectivity index (χ0n) is 8.74. The highest BCUT2D eigenvalue weighted by atomic mass is 32.2. The van der Waals surface area contributed by atoms with E-state index in [0.29, 0.717) is 6.42 Å². The number of hydrogen-bond donors (Lipinski definition) is 1. The fourth-order valence-electron chi connectivity index (χ4n) is 1.85. The van der Waals surface area contributed by atoms with Gasteiger partial charge in [0.15, 0.2) is 0 Å². The first-order chi connectivity index (χ1) is 6.79. The predicted octanol–water partition coefficient (Wildman–Crippen LogP) is 1.11. The predicted molar refractivity (Wildman–Crippen MR) is 59.4 cm³/mol. The average molecular weight is 217 g/mol. The Morgan fingerprint density at radius 1 is 1.57 bits per heavy atom. The summed E-state index contributed by atoms with van der Waals surface area (Å²) >= 11 is 1.69. The van der Waals surface area contributed by atoms with Crippen molar-refractivity contribution in [3.8, 4) is 0 Å². The Hall–Kier alpha value is -0.220. The van der Waals surface area contributed by atoms with Gasteiger partial charge in [0.25, 0.3) is 0 Å². The van der Waals surface area contributed by atoms with Crippen LogP contribution in [0.1, 0.15) is 25.7 Å². The Balaban J connectivity index is 2.41. The van der Waals surface area contributed by atoms with Crippen LogP contribution in [0.4, 0.5) is 0 Å². The number of carbonyl (C=O) groups excluding carboxylic acids is 1. The number of aliphatic hydroxyl groups is 1. The first kappa shape index (κ1) is 11.9. The maximum absolute atomic E-state index is 11.7. The summed E-state index contributed by atoms with van der Waals surface area (Å²) in [4.78, 5) is 13.6. The number of rotatable bonds is 4. The van der Waals surface area contributed by atoms with Crippen LogP contribution in [0.3, 0.4) is 0 Å². The number of carbonyl (C=O) groups is 1. The van der Waals surface area contributed by atoms with Gasteiger partial charge in [-0.25, -0.2) is 0 Å². The minimum atomic E-state index is 0.0816. The second-order valence-corrected chi connectivity index (χ2v) is 4.65. The third-order valence-electron chi connectivity index (χ3n) is 2.68. The molecule has 0 spiro atoms. The standard InChI is InChI=1S/C10H19NO2S/c1-14-7-5-10(13)11-6-3-2-4-9(11)8-12/h9,12H,2-8H2,1H3. The highest BCUT2D eigenvalue weighted by Crippen LogP contribution is 2.17. The van der Waals surface area contributed by atoms with Crippen LogP contribution in [0.5, 0.6) is 0 Å². The van der Waals surface area contributed by atoms with Crippen molar-refractivity contribution in [2.24, 2.45) is 0 Å². The lowest BCUT2D eigenvalue weighted by Gasteiger charge is -2.34. The molecule has 0 aliphatic carbocycles. The van der Waals surface area contributed by atoms with E-state index in [4.69, 9.17) is 5.11 Å². The normalized spacial score (nSPS) is 22.4. The molecule has 1 atom stereocenters. The summed E-state index contributed by atoms with van der Waals surface area (Å²) < 4.78 is 0. The van der Waals surface area contributed by atoms with E-state index in [1.165, 1.54) is 0 Å². The highest BCUT2D eigenvalue weighted by molar-refractivity contribution is 7.98. The van der Waals surface area contributed by atoms with Crippen LogP contribution in [0.2, 0.25) is 0 Å². The molecule has 1 unspecified atom stereocenters. The number of thioether (sulfide) groups is 1. The number of nitrogens with zero attached hydrogens (tertiary/aromatic N) is 1. The van der Waals surface area contributed by atoms with E-state index >= 15 is 0 Å². The molecule has 82 valence electrons. The zero-order valence-corrected chi connectivity index (χ0v) is 9.55. The van der Waals surface area contributed by atoms with Crippen molar-refractivity contribution >= 4 is 17.7 Å². The molecule has 0 radical (unpaired) electrons. The van der Waals surface area contributed by atoms with Crippen molar-refractivity contribution in [3.05, 3.63) is 0 Å². The van der Waals surface area contributed by atoms with E-state index in [-0.39, 0.29) is 18.6 Å². The van der Waals surface area contributed by atoms with Crippen molar-refractivity contribution in [1.29, 1.82) is 0 Å². The van der Waals surface area contributed by atoms with Gasteiger partial charge in [-0.2, -0.15) is 11.8 Å². The van der Waals surface area contributed by atoms with Gasteiger partial charge in [0.1, 0.15) is 0 Å². The Morgan fingerprint density at radius 2 is 2.36 bits per heavy atom. The molecule has 1 amide bonds. The molecule has 1 N–H and O–H groups in total. The monoisotopic (exact) mass is 217 g/mol. The molecule has 1 heterocycles. The van der Waals surface area contributed by atoms with Gasteiger partial charge in [0, 0.05) is 18.7 Å². The molecule has 1 saturated heterocycles. The van der Waals surface area contributed by atoms with Gasteiger partial charge in [-0.05, 0) is 25.5 Å². The number of aliphatic hydroxyl groups excluding tert-OH is 1. The van der Waals surface area contributed by atoms with Gasteiger partial charge in [0.05, 0.1) is 12.6 Å². The molecular weight excluding hydrogens is 198 g/mol. The molecule has 1 fully saturated rings. The molecule has 4 heteroatoms. The fraction of sp³-hybridized carbons (Fsp3) is 0.900. The topological polar surface area (TPSA) is 40.5 Å². The van der Waals surface area contributed by atoms with Gasteiger partial charge < -0.3 is 10.0 Å². The van der Waals surface area contributed by atoms with Gasteiger partial charge in [-0.1, -0.05) is 0 Å². The molecule has 1 aliphatic rings. The van der Waals surface area contributed by atoms with Crippen LogP contribution in [0, 0.1) is 0 Å². The molecule has 0 bridgehead atoms. The summed E-state index contributed by atoms with van der Waals surface area (Å²) in [5, 5.41) is 9.14. The van der Waals surface area contributed by atoms with E-state index in [9.17, 15) is 4.79 Å². The Morgan fingerprint density at radius 3 is 3.00 bits per heavy atom. The smallest absolute Gasteiger partial charge is 0.223 e. The van der Waals surface area contributed by atoms with E-state index in [1.54, 1.807) is 11.8 Å². The van der Waals surface area contributed by atoms with Gasteiger partial charge in [-0.15, -0.1) is 0 Å². The van der Waals surface area contributed by atoms with E-state index in [1.807, 2.05) is 11.2 Å². The van der Waals surface area contributed by atoms with E-state index < -0.39 is 0 Å². The second-order valence-electron chi connectivity index (χ2n) is 3.66. The quantitative estimate of drug-likeness (QED) is 0.767. The first-order valence-electron chi connectivity index (χ1n) is 5.19. The van der Waals surface area contributed by atoms with Crippen molar-refractivity contribution in [1.82, 2.24) is 4.90 Å². The van der Waals surface area contributed by atoms with Crippen LogP contribution >= 0.6 is 11.8 Å². The van der Waals surface area contributed by atoms with Gasteiger partial charge in [0.2, 0.25) is 5.91 Å². The van der Waals surface area contributed by atoms with Crippen LogP contribution in [0.25, 0.3) is 0 Å². The van der Waals surface area contributed by atoms with Crippen molar-refractivity contribution < 1.29 is 9.90 Å². The lowest BCUT2D eigenvalue weighted by atomic mass is 10.0. The molecule has 0 saturated carbocycles. The lowest BCUT2D eigenvalue weighted by molar-refractivity contribution is -0.135. The number of piperidine rings is 1. The average Bonchev–Trinajstić information content (AvgIpc) is 2.25. The summed E-state index contributed by atoms with van der Waals surface area (Å²) in [6.07, 6.45) is 5.80. The van der Waals surface area contributed by atoms with E-state index in [2.05, 4.69) is 0 Å². The van der Waals surface area contributed by atoms with Crippen LogP contribution in [-0.2, 0) is 4.79 Å². The molecule has 1 aliphatic heterocycles.